The number of amides is 2. The topological polar surface area (TPSA) is 78.9 Å². The zero-order valence-electron chi connectivity index (χ0n) is 12.1. The lowest BCUT2D eigenvalue weighted by molar-refractivity contribution is -0.203. The Kier molecular flexibility index (Phi) is 4.76. The Morgan fingerprint density at radius 3 is 2.38 bits per heavy atom. The van der Waals surface area contributed by atoms with Gasteiger partial charge in [-0.05, 0) is 26.7 Å². The second-order valence-corrected chi connectivity index (χ2v) is 5.54. The van der Waals surface area contributed by atoms with E-state index < -0.39 is 29.3 Å². The first-order chi connectivity index (χ1) is 9.45. The molecular weight excluding hydrogens is 293 g/mol. The van der Waals surface area contributed by atoms with Gasteiger partial charge in [0.15, 0.2) is 0 Å². The first kappa shape index (κ1) is 17.5. The van der Waals surface area contributed by atoms with Crippen LogP contribution in [0.1, 0.15) is 26.7 Å². The number of nitrogens with zero attached hydrogens (tertiary/aromatic N) is 1. The summed E-state index contributed by atoms with van der Waals surface area (Å²) in [7, 11) is 1.46. The van der Waals surface area contributed by atoms with Crippen molar-refractivity contribution in [2.45, 2.75) is 44.0 Å². The molecule has 9 heteroatoms. The minimum Gasteiger partial charge on any atom is -0.479 e. The van der Waals surface area contributed by atoms with E-state index in [1.807, 2.05) is 0 Å². The van der Waals surface area contributed by atoms with Crippen LogP contribution in [0.3, 0.4) is 0 Å². The molecule has 0 aromatic carbocycles. The van der Waals surface area contributed by atoms with E-state index in [1.165, 1.54) is 7.11 Å². The summed E-state index contributed by atoms with van der Waals surface area (Å²) in [5.41, 5.74) is -3.97. The molecule has 122 valence electrons. The number of carbonyl (C=O) groups is 2. The van der Waals surface area contributed by atoms with Crippen molar-refractivity contribution < 1.29 is 32.6 Å². The van der Waals surface area contributed by atoms with Crippen molar-refractivity contribution in [3.8, 4) is 0 Å². The zero-order valence-corrected chi connectivity index (χ0v) is 12.1. The summed E-state index contributed by atoms with van der Waals surface area (Å²) in [4.78, 5) is 24.0. The fraction of sp³-hybridized carbons (Fsp3) is 0.833. The maximum atomic E-state index is 12.9. The summed E-state index contributed by atoms with van der Waals surface area (Å²) in [6.45, 7) is 2.51. The van der Waals surface area contributed by atoms with Crippen molar-refractivity contribution in [3.63, 3.8) is 0 Å². The Morgan fingerprint density at radius 1 is 1.38 bits per heavy atom. The van der Waals surface area contributed by atoms with Gasteiger partial charge in [-0.3, -0.25) is 0 Å². The Balaban J connectivity index is 2.86. The number of methoxy groups -OCH3 is 1. The average Bonchev–Trinajstić information content (AvgIpc) is 2.37. The summed E-state index contributed by atoms with van der Waals surface area (Å²) in [5, 5.41) is 10.4. The second kappa shape index (κ2) is 5.70. The highest BCUT2D eigenvalue weighted by atomic mass is 19.4. The predicted molar refractivity (Wildman–Crippen MR) is 66.8 cm³/mol. The number of aliphatic carboxylic acids is 1. The van der Waals surface area contributed by atoms with Crippen molar-refractivity contribution in [1.29, 1.82) is 0 Å². The van der Waals surface area contributed by atoms with Crippen molar-refractivity contribution in [3.05, 3.63) is 0 Å². The molecule has 0 aromatic heterocycles. The van der Waals surface area contributed by atoms with E-state index in [1.54, 1.807) is 12.2 Å². The Morgan fingerprint density at radius 2 is 1.95 bits per heavy atom. The van der Waals surface area contributed by atoms with Gasteiger partial charge in [-0.2, -0.15) is 13.2 Å². The van der Waals surface area contributed by atoms with Gasteiger partial charge in [-0.1, -0.05) is 0 Å². The SMILES string of the molecule is COC1(C)CCCN(C(=O)NC(C)(C(=O)O)C(F)(F)F)C1. The third-order valence-electron chi connectivity index (χ3n) is 3.79. The van der Waals surface area contributed by atoms with E-state index in [9.17, 15) is 22.8 Å². The van der Waals surface area contributed by atoms with E-state index in [2.05, 4.69) is 0 Å². The minimum absolute atomic E-state index is 0.100. The lowest BCUT2D eigenvalue weighted by atomic mass is 9.95. The fourth-order valence-electron chi connectivity index (χ4n) is 2.08. The van der Waals surface area contributed by atoms with Gasteiger partial charge >= 0.3 is 18.2 Å². The van der Waals surface area contributed by atoms with Gasteiger partial charge in [0, 0.05) is 13.7 Å². The molecule has 2 atom stereocenters. The number of alkyl halides is 3. The number of hydrogen-bond donors (Lipinski definition) is 2. The van der Waals surface area contributed by atoms with E-state index in [4.69, 9.17) is 9.84 Å². The van der Waals surface area contributed by atoms with Gasteiger partial charge < -0.3 is 20.1 Å². The van der Waals surface area contributed by atoms with Gasteiger partial charge in [-0.25, -0.2) is 9.59 Å². The highest BCUT2D eigenvalue weighted by Gasteiger charge is 2.59. The van der Waals surface area contributed by atoms with Gasteiger partial charge in [0.1, 0.15) is 0 Å². The van der Waals surface area contributed by atoms with Crippen molar-refractivity contribution in [2.75, 3.05) is 20.2 Å². The lowest BCUT2D eigenvalue weighted by Gasteiger charge is -2.40. The van der Waals surface area contributed by atoms with Gasteiger partial charge in [0.2, 0.25) is 5.54 Å². The molecule has 1 rings (SSSR count). The maximum Gasteiger partial charge on any atom is 0.422 e. The first-order valence-electron chi connectivity index (χ1n) is 6.37. The van der Waals surface area contributed by atoms with E-state index in [0.717, 1.165) is 4.90 Å². The van der Waals surface area contributed by atoms with Crippen LogP contribution >= 0.6 is 0 Å². The van der Waals surface area contributed by atoms with Gasteiger partial charge in [0.25, 0.3) is 0 Å². The molecule has 0 aliphatic carbocycles. The van der Waals surface area contributed by atoms with Crippen LogP contribution in [0.25, 0.3) is 0 Å². The van der Waals surface area contributed by atoms with Crippen molar-refractivity contribution in [2.24, 2.45) is 0 Å². The summed E-state index contributed by atoms with van der Waals surface area (Å²) < 4.78 is 43.8. The van der Waals surface area contributed by atoms with Crippen LogP contribution in [0.5, 0.6) is 0 Å². The zero-order chi connectivity index (χ0) is 16.5. The molecule has 2 N–H and O–H groups in total. The minimum atomic E-state index is -5.10. The number of carbonyl (C=O) groups excluding carboxylic acids is 1. The highest BCUT2D eigenvalue weighted by molar-refractivity contribution is 5.86. The van der Waals surface area contributed by atoms with Crippen LogP contribution in [0.15, 0.2) is 0 Å². The number of halogens is 3. The molecule has 0 radical (unpaired) electrons. The number of carboxylic acids is 1. The van der Waals surface area contributed by atoms with Crippen LogP contribution in [0.2, 0.25) is 0 Å². The fourth-order valence-corrected chi connectivity index (χ4v) is 2.08. The van der Waals surface area contributed by atoms with Crippen molar-refractivity contribution in [1.82, 2.24) is 10.2 Å². The number of likely N-dealkylation sites (tertiary alicyclic amines) is 1. The molecule has 21 heavy (non-hydrogen) atoms. The largest absolute Gasteiger partial charge is 0.479 e. The van der Waals surface area contributed by atoms with Gasteiger partial charge in [0.05, 0.1) is 12.1 Å². The molecule has 1 aliphatic heterocycles. The summed E-state index contributed by atoms with van der Waals surface area (Å²) in [6.07, 6.45) is -3.87. The predicted octanol–water partition coefficient (Wildman–Crippen LogP) is 1.60. The smallest absolute Gasteiger partial charge is 0.422 e. The molecule has 1 aliphatic rings. The number of rotatable bonds is 3. The molecule has 1 fully saturated rings. The highest BCUT2D eigenvalue weighted by Crippen LogP contribution is 2.31. The molecule has 2 amide bonds. The quantitative estimate of drug-likeness (QED) is 0.830. The molecule has 0 saturated carbocycles. The normalized spacial score (nSPS) is 26.1. The Bertz CT molecular complexity index is 429. The molecule has 2 unspecified atom stereocenters. The third-order valence-corrected chi connectivity index (χ3v) is 3.79. The van der Waals surface area contributed by atoms with E-state index in [0.29, 0.717) is 19.8 Å². The molecule has 0 spiro atoms. The molecular formula is C12H19F3N2O4. The number of hydrogen-bond acceptors (Lipinski definition) is 3. The van der Waals surface area contributed by atoms with E-state index in [-0.39, 0.29) is 13.1 Å². The number of urea groups is 1. The molecule has 1 heterocycles. The number of nitrogens with one attached hydrogen (secondary N) is 1. The van der Waals surface area contributed by atoms with Crippen LogP contribution in [-0.4, -0.2) is 59.5 Å². The van der Waals surface area contributed by atoms with Crippen LogP contribution in [0.4, 0.5) is 18.0 Å². The number of piperidine rings is 1. The summed E-state index contributed by atoms with van der Waals surface area (Å²) >= 11 is 0. The first-order valence-corrected chi connectivity index (χ1v) is 6.37. The summed E-state index contributed by atoms with van der Waals surface area (Å²) in [6, 6.07) is -1.07. The number of carboxylic acid groups (broad SMARTS) is 1. The Hall–Kier alpha value is -1.51. The van der Waals surface area contributed by atoms with Crippen LogP contribution in [0, 0.1) is 0 Å². The Labute approximate surface area is 120 Å². The average molecular weight is 312 g/mol. The molecule has 0 aromatic rings. The third kappa shape index (κ3) is 3.58. The second-order valence-electron chi connectivity index (χ2n) is 5.54. The van der Waals surface area contributed by atoms with Gasteiger partial charge in [-0.15, -0.1) is 0 Å². The molecule has 0 bridgehead atoms. The maximum absolute atomic E-state index is 12.9. The van der Waals surface area contributed by atoms with E-state index >= 15 is 0 Å². The molecule has 1 saturated heterocycles. The van der Waals surface area contributed by atoms with Crippen LogP contribution < -0.4 is 5.32 Å². The molecule has 6 nitrogen and oxygen atoms in total. The monoisotopic (exact) mass is 312 g/mol. The summed E-state index contributed by atoms with van der Waals surface area (Å²) in [5.74, 6) is -2.16. The van der Waals surface area contributed by atoms with Crippen molar-refractivity contribution >= 4 is 12.0 Å². The number of ether oxygens (including phenoxy) is 1. The van der Waals surface area contributed by atoms with Crippen LogP contribution in [-0.2, 0) is 9.53 Å². The standard InChI is InChI=1S/C12H19F3N2O4/c1-10(21-3)5-4-6-17(7-10)9(20)16-11(2,8(18)19)12(13,14)15/h4-7H2,1-3H3,(H,16,20)(H,18,19). The lowest BCUT2D eigenvalue weighted by Crippen LogP contribution is -2.65.